The van der Waals surface area contributed by atoms with Crippen LogP contribution in [0.3, 0.4) is 0 Å². The summed E-state index contributed by atoms with van der Waals surface area (Å²) in [5.41, 5.74) is 7.20. The molecule has 0 aliphatic carbocycles. The van der Waals surface area contributed by atoms with Gasteiger partial charge in [0.2, 0.25) is 5.91 Å². The van der Waals surface area contributed by atoms with Crippen LogP contribution in [0.5, 0.6) is 5.75 Å². The van der Waals surface area contributed by atoms with Crippen molar-refractivity contribution in [3.8, 4) is 5.75 Å². The van der Waals surface area contributed by atoms with Crippen LogP contribution in [0, 0.1) is 0 Å². The first-order valence-corrected chi connectivity index (χ1v) is 8.58. The molecule has 6 heteroatoms. The highest BCUT2D eigenvalue weighted by Crippen LogP contribution is 2.33. The van der Waals surface area contributed by atoms with Gasteiger partial charge in [0.25, 0.3) is 5.91 Å². The molecular weight excluding hydrogens is 330 g/mol. The molecule has 2 aromatic rings. The van der Waals surface area contributed by atoms with E-state index in [1.165, 1.54) is 0 Å². The number of nitrogens with two attached hydrogens (primary N) is 1. The molecule has 136 valence electrons. The molecule has 0 unspecified atom stereocenters. The summed E-state index contributed by atoms with van der Waals surface area (Å²) in [6.07, 6.45) is -0.842. The van der Waals surface area contributed by atoms with E-state index in [4.69, 9.17) is 10.5 Å². The summed E-state index contributed by atoms with van der Waals surface area (Å²) in [5, 5.41) is 0. The Kier molecular flexibility index (Phi) is 5.23. The van der Waals surface area contributed by atoms with E-state index in [0.717, 1.165) is 5.56 Å². The smallest absolute Gasteiger partial charge is 0.260 e. The number of hydrogen-bond acceptors (Lipinski definition) is 4. The van der Waals surface area contributed by atoms with Crippen LogP contribution < -0.4 is 15.4 Å². The Morgan fingerprint density at radius 2 is 1.85 bits per heavy atom. The maximum Gasteiger partial charge on any atom is 0.260 e. The van der Waals surface area contributed by atoms with Crippen LogP contribution in [0.25, 0.3) is 0 Å². The number of likely N-dealkylation sites (N-methyl/N-ethyl adjacent to an activating group) is 1. The number of carbonyl (C=O) groups excluding carboxylic acids is 2. The number of amides is 2. The van der Waals surface area contributed by atoms with Crippen LogP contribution in [0.4, 0.5) is 5.69 Å². The van der Waals surface area contributed by atoms with Crippen molar-refractivity contribution in [1.29, 1.82) is 0 Å². The predicted molar refractivity (Wildman–Crippen MR) is 99.9 cm³/mol. The molecule has 0 bridgehead atoms. The first kappa shape index (κ1) is 17.9. The molecule has 0 radical (unpaired) electrons. The largest absolute Gasteiger partial charge is 0.477 e. The van der Waals surface area contributed by atoms with E-state index < -0.39 is 12.0 Å². The average Bonchev–Trinajstić information content (AvgIpc) is 2.66. The third-order valence-corrected chi connectivity index (χ3v) is 4.72. The zero-order valence-corrected chi connectivity index (χ0v) is 15.0. The Bertz CT molecular complexity index is 794. The maximum absolute atomic E-state index is 13.0. The zero-order valence-electron chi connectivity index (χ0n) is 15.0. The average molecular weight is 353 g/mol. The minimum Gasteiger partial charge on any atom is -0.477 e. The monoisotopic (exact) mass is 353 g/mol. The van der Waals surface area contributed by atoms with E-state index in [1.807, 2.05) is 54.4 Å². The highest BCUT2D eigenvalue weighted by molar-refractivity contribution is 5.98. The molecule has 1 aliphatic heterocycles. The summed E-state index contributed by atoms with van der Waals surface area (Å²) in [6, 6.07) is 17.3. The fourth-order valence-electron chi connectivity index (χ4n) is 3.04. The van der Waals surface area contributed by atoms with Gasteiger partial charge in [-0.15, -0.1) is 0 Å². The highest BCUT2D eigenvalue weighted by Gasteiger charge is 2.33. The molecule has 1 heterocycles. The Hall–Kier alpha value is -2.86. The number of carbonyl (C=O) groups is 2. The van der Waals surface area contributed by atoms with Gasteiger partial charge in [-0.05, 0) is 31.7 Å². The van der Waals surface area contributed by atoms with Crippen molar-refractivity contribution in [1.82, 2.24) is 4.90 Å². The zero-order chi connectivity index (χ0) is 18.7. The number of primary amides is 1. The number of anilines is 1. The van der Waals surface area contributed by atoms with Crippen molar-refractivity contribution in [2.75, 3.05) is 25.0 Å². The van der Waals surface area contributed by atoms with Crippen molar-refractivity contribution in [2.45, 2.75) is 19.1 Å². The molecule has 2 amide bonds. The van der Waals surface area contributed by atoms with Gasteiger partial charge in [-0.1, -0.05) is 42.5 Å². The van der Waals surface area contributed by atoms with Gasteiger partial charge in [0.05, 0.1) is 18.8 Å². The lowest BCUT2D eigenvalue weighted by atomic mass is 10.1. The molecule has 2 N–H and O–H groups in total. The third-order valence-electron chi connectivity index (χ3n) is 4.72. The standard InChI is InChI=1S/C20H23N3O3/c1-14(15-8-4-3-5-9-15)22(2)13-19(24)23-12-18(20(21)25)26-17-11-7-6-10-16(17)23/h3-11,14,18H,12-13H2,1-2H3,(H2,21,25)/t14-,18-/m0/s1. The van der Waals surface area contributed by atoms with Gasteiger partial charge in [0, 0.05) is 6.04 Å². The van der Waals surface area contributed by atoms with Crippen molar-refractivity contribution >= 4 is 17.5 Å². The van der Waals surface area contributed by atoms with Gasteiger partial charge in [-0.3, -0.25) is 14.5 Å². The number of rotatable bonds is 5. The second-order valence-corrected chi connectivity index (χ2v) is 6.48. The fraction of sp³-hybridized carbons (Fsp3) is 0.300. The van der Waals surface area contributed by atoms with Crippen LogP contribution in [-0.4, -0.2) is 43.0 Å². The fourth-order valence-corrected chi connectivity index (χ4v) is 3.04. The molecule has 0 aromatic heterocycles. The molecule has 2 atom stereocenters. The lowest BCUT2D eigenvalue weighted by Crippen LogP contribution is -2.51. The van der Waals surface area contributed by atoms with E-state index >= 15 is 0 Å². The van der Waals surface area contributed by atoms with Gasteiger partial charge in [-0.25, -0.2) is 0 Å². The molecule has 6 nitrogen and oxygen atoms in total. The minimum absolute atomic E-state index is 0.0865. The number of hydrogen-bond donors (Lipinski definition) is 1. The van der Waals surface area contributed by atoms with Crippen LogP contribution in [0.15, 0.2) is 54.6 Å². The molecule has 0 saturated carbocycles. The van der Waals surface area contributed by atoms with Crippen LogP contribution in [-0.2, 0) is 9.59 Å². The molecule has 0 spiro atoms. The van der Waals surface area contributed by atoms with Crippen molar-refractivity contribution in [3.05, 3.63) is 60.2 Å². The van der Waals surface area contributed by atoms with E-state index in [-0.39, 0.29) is 25.0 Å². The summed E-state index contributed by atoms with van der Waals surface area (Å²) in [7, 11) is 1.91. The second-order valence-electron chi connectivity index (χ2n) is 6.48. The summed E-state index contributed by atoms with van der Waals surface area (Å²) in [6.45, 7) is 2.40. The van der Waals surface area contributed by atoms with Gasteiger partial charge >= 0.3 is 0 Å². The summed E-state index contributed by atoms with van der Waals surface area (Å²) in [4.78, 5) is 28.1. The quantitative estimate of drug-likeness (QED) is 0.891. The Labute approximate surface area is 153 Å². The van der Waals surface area contributed by atoms with Crippen LogP contribution in [0.1, 0.15) is 18.5 Å². The van der Waals surface area contributed by atoms with Crippen molar-refractivity contribution in [2.24, 2.45) is 5.73 Å². The first-order valence-electron chi connectivity index (χ1n) is 8.58. The second kappa shape index (κ2) is 7.58. The molecule has 0 fully saturated rings. The van der Waals surface area contributed by atoms with Crippen molar-refractivity contribution < 1.29 is 14.3 Å². The van der Waals surface area contributed by atoms with E-state index in [1.54, 1.807) is 17.0 Å². The van der Waals surface area contributed by atoms with E-state index in [9.17, 15) is 9.59 Å². The summed E-state index contributed by atoms with van der Waals surface area (Å²) >= 11 is 0. The van der Waals surface area contributed by atoms with Crippen LogP contribution in [0.2, 0.25) is 0 Å². The predicted octanol–water partition coefficient (Wildman–Crippen LogP) is 1.96. The molecule has 0 saturated heterocycles. The normalized spacial score (nSPS) is 17.3. The van der Waals surface area contributed by atoms with Crippen molar-refractivity contribution in [3.63, 3.8) is 0 Å². The molecule has 2 aromatic carbocycles. The Balaban J connectivity index is 1.77. The SMILES string of the molecule is C[C@@H](c1ccccc1)N(C)CC(=O)N1C[C@@H](C(N)=O)Oc2ccccc21. The highest BCUT2D eigenvalue weighted by atomic mass is 16.5. The topological polar surface area (TPSA) is 75.9 Å². The molecular formula is C20H23N3O3. The van der Waals surface area contributed by atoms with Gasteiger partial charge in [0.1, 0.15) is 5.75 Å². The maximum atomic E-state index is 13.0. The van der Waals surface area contributed by atoms with Gasteiger partial charge in [-0.2, -0.15) is 0 Å². The Morgan fingerprint density at radius 1 is 1.19 bits per heavy atom. The number of nitrogens with zero attached hydrogens (tertiary/aromatic N) is 2. The molecule has 1 aliphatic rings. The molecule has 3 rings (SSSR count). The lowest BCUT2D eigenvalue weighted by Gasteiger charge is -2.35. The number of ether oxygens (including phenoxy) is 1. The summed E-state index contributed by atoms with van der Waals surface area (Å²) in [5.74, 6) is -0.185. The summed E-state index contributed by atoms with van der Waals surface area (Å²) < 4.78 is 5.61. The Morgan fingerprint density at radius 3 is 2.54 bits per heavy atom. The van der Waals surface area contributed by atoms with Crippen LogP contribution >= 0.6 is 0 Å². The minimum atomic E-state index is -0.842. The molecule has 26 heavy (non-hydrogen) atoms. The van der Waals surface area contributed by atoms with E-state index in [0.29, 0.717) is 11.4 Å². The number of benzene rings is 2. The van der Waals surface area contributed by atoms with Gasteiger partial charge in [0.15, 0.2) is 6.10 Å². The number of fused-ring (bicyclic) bond motifs is 1. The first-order chi connectivity index (χ1) is 12.5. The number of para-hydroxylation sites is 2. The lowest BCUT2D eigenvalue weighted by molar-refractivity contribution is -0.125. The van der Waals surface area contributed by atoms with Gasteiger partial charge < -0.3 is 15.4 Å². The van der Waals surface area contributed by atoms with E-state index in [2.05, 4.69) is 6.92 Å². The third kappa shape index (κ3) is 3.70.